The number of aromatic nitrogens is 2. The second-order valence-corrected chi connectivity index (χ2v) is 7.01. The van der Waals surface area contributed by atoms with E-state index in [1.54, 1.807) is 36.4 Å². The predicted octanol–water partition coefficient (Wildman–Crippen LogP) is 6.40. The summed E-state index contributed by atoms with van der Waals surface area (Å²) in [5.41, 5.74) is 4.25. The van der Waals surface area contributed by atoms with E-state index in [-0.39, 0.29) is 31.0 Å². The molecule has 6 nitrogen and oxygen atoms in total. The van der Waals surface area contributed by atoms with Gasteiger partial charge in [0.25, 0.3) is 0 Å². The average molecular weight is 488 g/mol. The summed E-state index contributed by atoms with van der Waals surface area (Å²) in [6.07, 6.45) is 0. The number of benzene rings is 4. The van der Waals surface area contributed by atoms with Gasteiger partial charge in [-0.15, -0.1) is 0 Å². The zero-order valence-electron chi connectivity index (χ0n) is 17.6. The molecule has 2 aromatic heterocycles. The quantitative estimate of drug-likeness (QED) is 0.275. The van der Waals surface area contributed by atoms with Crippen LogP contribution in [-0.2, 0) is 19.5 Å². The molecule has 0 spiro atoms. The summed E-state index contributed by atoms with van der Waals surface area (Å²) in [6.45, 7) is 0. The summed E-state index contributed by atoms with van der Waals surface area (Å²) in [4.78, 5) is 8.63. The van der Waals surface area contributed by atoms with E-state index in [9.17, 15) is 10.2 Å². The average Bonchev–Trinajstić information content (AvgIpc) is 3.44. The number of para-hydroxylation sites is 6. The Morgan fingerprint density at radius 2 is 0.848 bits per heavy atom. The maximum Gasteiger partial charge on any atom is 0.231 e. The molecule has 6 aromatic rings. The van der Waals surface area contributed by atoms with Crippen LogP contribution in [0, 0.1) is 0 Å². The van der Waals surface area contributed by atoms with Gasteiger partial charge in [-0.3, -0.25) is 0 Å². The standard InChI is InChI=1S/2C13H9NO2.Zn/c2*15-11-7-3-1-5-9(11)13-14-10-6-2-4-8-12(10)16-13;/h2*1-8,15H;. The van der Waals surface area contributed by atoms with E-state index in [0.717, 1.165) is 22.2 Å². The molecule has 158 valence electrons. The van der Waals surface area contributed by atoms with E-state index in [4.69, 9.17) is 8.83 Å². The number of rotatable bonds is 2. The van der Waals surface area contributed by atoms with Gasteiger partial charge in [-0.05, 0) is 48.5 Å². The Morgan fingerprint density at radius 3 is 1.24 bits per heavy atom. The van der Waals surface area contributed by atoms with Crippen molar-refractivity contribution in [2.75, 3.05) is 0 Å². The molecule has 0 atom stereocenters. The minimum Gasteiger partial charge on any atom is -0.507 e. The maximum absolute atomic E-state index is 9.69. The van der Waals surface area contributed by atoms with Gasteiger partial charge in [0.15, 0.2) is 11.2 Å². The van der Waals surface area contributed by atoms with Crippen LogP contribution in [0.1, 0.15) is 0 Å². The van der Waals surface area contributed by atoms with E-state index in [0.29, 0.717) is 22.9 Å². The minimum absolute atomic E-state index is 0. The van der Waals surface area contributed by atoms with Crippen LogP contribution in [0.2, 0.25) is 0 Å². The molecule has 0 unspecified atom stereocenters. The molecular weight excluding hydrogens is 470 g/mol. The van der Waals surface area contributed by atoms with Gasteiger partial charge in [-0.25, -0.2) is 9.97 Å². The van der Waals surface area contributed by atoms with E-state index in [1.807, 2.05) is 60.7 Å². The Labute approximate surface area is 201 Å². The van der Waals surface area contributed by atoms with Crippen molar-refractivity contribution in [1.29, 1.82) is 0 Å². The number of oxazole rings is 2. The molecule has 7 heteroatoms. The number of phenolic OH excluding ortho intramolecular Hbond substituents is 2. The monoisotopic (exact) mass is 486 g/mol. The van der Waals surface area contributed by atoms with Crippen molar-refractivity contribution in [1.82, 2.24) is 9.97 Å². The van der Waals surface area contributed by atoms with Crippen LogP contribution in [0.15, 0.2) is 106 Å². The first-order chi connectivity index (χ1) is 15.7. The first-order valence-electron chi connectivity index (χ1n) is 9.97. The number of aromatic hydroxyl groups is 2. The molecule has 0 aliphatic rings. The Kier molecular flexibility index (Phi) is 6.52. The van der Waals surface area contributed by atoms with Gasteiger partial charge in [0.2, 0.25) is 11.8 Å². The van der Waals surface area contributed by atoms with Crippen LogP contribution in [0.5, 0.6) is 11.5 Å². The normalized spacial score (nSPS) is 10.4. The first kappa shape index (κ1) is 22.2. The van der Waals surface area contributed by atoms with Crippen molar-refractivity contribution >= 4 is 22.2 Å². The van der Waals surface area contributed by atoms with Crippen molar-refractivity contribution < 1.29 is 38.5 Å². The molecular formula is C26H18N2O4Zn. The van der Waals surface area contributed by atoms with Crippen LogP contribution in [-0.4, -0.2) is 20.2 Å². The Bertz CT molecular complexity index is 1340. The van der Waals surface area contributed by atoms with Gasteiger partial charge in [-0.1, -0.05) is 48.5 Å². The van der Waals surface area contributed by atoms with E-state index in [2.05, 4.69) is 9.97 Å². The third-order valence-corrected chi connectivity index (χ3v) is 4.86. The molecule has 4 aromatic carbocycles. The van der Waals surface area contributed by atoms with Crippen LogP contribution >= 0.6 is 0 Å². The molecule has 0 fully saturated rings. The largest absolute Gasteiger partial charge is 0.507 e. The predicted molar refractivity (Wildman–Crippen MR) is 122 cm³/mol. The van der Waals surface area contributed by atoms with Crippen molar-refractivity contribution in [3.8, 4) is 34.4 Å². The van der Waals surface area contributed by atoms with Gasteiger partial charge in [0, 0.05) is 19.5 Å². The summed E-state index contributed by atoms with van der Waals surface area (Å²) in [7, 11) is 0. The van der Waals surface area contributed by atoms with Gasteiger partial charge in [-0.2, -0.15) is 0 Å². The van der Waals surface area contributed by atoms with Crippen molar-refractivity contribution in [2.24, 2.45) is 0 Å². The zero-order valence-corrected chi connectivity index (χ0v) is 20.5. The molecule has 0 radical (unpaired) electrons. The number of hydrogen-bond acceptors (Lipinski definition) is 6. The second-order valence-electron chi connectivity index (χ2n) is 7.01. The van der Waals surface area contributed by atoms with E-state index in [1.165, 1.54) is 0 Å². The Morgan fingerprint density at radius 1 is 0.485 bits per heavy atom. The first-order valence-corrected chi connectivity index (χ1v) is 9.97. The van der Waals surface area contributed by atoms with E-state index >= 15 is 0 Å². The second kappa shape index (κ2) is 9.67. The molecule has 0 bridgehead atoms. The van der Waals surface area contributed by atoms with Gasteiger partial charge >= 0.3 is 0 Å². The molecule has 2 heterocycles. The number of hydrogen-bond donors (Lipinski definition) is 2. The van der Waals surface area contributed by atoms with Crippen LogP contribution < -0.4 is 0 Å². The maximum atomic E-state index is 9.69. The fourth-order valence-electron chi connectivity index (χ4n) is 3.28. The zero-order chi connectivity index (χ0) is 21.9. The van der Waals surface area contributed by atoms with Gasteiger partial charge in [0.05, 0.1) is 11.1 Å². The van der Waals surface area contributed by atoms with Crippen LogP contribution in [0.3, 0.4) is 0 Å². The Hall–Kier alpha value is -3.96. The molecule has 0 aliphatic carbocycles. The topological polar surface area (TPSA) is 92.5 Å². The molecule has 0 amide bonds. The summed E-state index contributed by atoms with van der Waals surface area (Å²) in [5, 5.41) is 19.4. The molecule has 0 saturated carbocycles. The number of phenols is 2. The van der Waals surface area contributed by atoms with Crippen molar-refractivity contribution in [3.05, 3.63) is 97.1 Å². The minimum atomic E-state index is 0. The smallest absolute Gasteiger partial charge is 0.231 e. The van der Waals surface area contributed by atoms with Crippen LogP contribution in [0.4, 0.5) is 0 Å². The molecule has 33 heavy (non-hydrogen) atoms. The van der Waals surface area contributed by atoms with Crippen molar-refractivity contribution in [2.45, 2.75) is 0 Å². The number of nitrogens with zero attached hydrogens (tertiary/aromatic N) is 2. The third-order valence-electron chi connectivity index (χ3n) is 4.86. The molecule has 0 aliphatic heterocycles. The molecule has 6 rings (SSSR count). The third kappa shape index (κ3) is 4.64. The molecule has 0 saturated heterocycles. The summed E-state index contributed by atoms with van der Waals surface area (Å²) < 4.78 is 11.1. The summed E-state index contributed by atoms with van der Waals surface area (Å²) >= 11 is 0. The van der Waals surface area contributed by atoms with Gasteiger partial charge in [0.1, 0.15) is 22.5 Å². The number of fused-ring (bicyclic) bond motifs is 2. The molecule has 2 N–H and O–H groups in total. The fourth-order valence-corrected chi connectivity index (χ4v) is 3.28. The fraction of sp³-hybridized carbons (Fsp3) is 0. The Balaban J connectivity index is 0.000000152. The van der Waals surface area contributed by atoms with Crippen molar-refractivity contribution in [3.63, 3.8) is 0 Å². The summed E-state index contributed by atoms with van der Waals surface area (Å²) in [6, 6.07) is 29.0. The van der Waals surface area contributed by atoms with E-state index < -0.39 is 0 Å². The van der Waals surface area contributed by atoms with Gasteiger partial charge < -0.3 is 19.0 Å². The SMILES string of the molecule is Oc1ccccc1-c1nc2ccccc2o1.Oc1ccccc1-c1nc2ccccc2o1.[Zn]. The van der Waals surface area contributed by atoms with Crippen LogP contribution in [0.25, 0.3) is 45.1 Å². The summed E-state index contributed by atoms with van der Waals surface area (Å²) in [5.74, 6) is 1.24.